The summed E-state index contributed by atoms with van der Waals surface area (Å²) >= 11 is 13.4. The number of nitrogens with one attached hydrogen (secondary N) is 1. The topological polar surface area (TPSA) is 63.8 Å². The fourth-order valence-electron chi connectivity index (χ4n) is 1.32. The monoisotopic (exact) mass is 288 g/mol. The van der Waals surface area contributed by atoms with Gasteiger partial charge in [0.25, 0.3) is 0 Å². The molecular weight excluding hydrogens is 279 g/mol. The molecule has 0 bridgehead atoms. The van der Waals surface area contributed by atoms with E-state index in [0.29, 0.717) is 10.8 Å². The lowest BCUT2D eigenvalue weighted by Crippen LogP contribution is -2.08. The number of nitrogens with zero attached hydrogens (tertiary/aromatic N) is 2. The Labute approximate surface area is 113 Å². The molecule has 0 aliphatic carbocycles. The second-order valence-corrected chi connectivity index (χ2v) is 5.59. The van der Waals surface area contributed by atoms with Gasteiger partial charge in [-0.25, -0.2) is 4.98 Å². The zero-order valence-electron chi connectivity index (χ0n) is 8.95. The summed E-state index contributed by atoms with van der Waals surface area (Å²) in [7, 11) is 0. The summed E-state index contributed by atoms with van der Waals surface area (Å²) in [4.78, 5) is 8.94. The highest BCUT2D eigenvalue weighted by molar-refractivity contribution is 7.16. The van der Waals surface area contributed by atoms with Gasteiger partial charge in [0, 0.05) is 4.88 Å². The maximum Gasteiger partial charge on any atom is 0.222 e. The summed E-state index contributed by atoms with van der Waals surface area (Å²) in [5.74, 6) is 0.713. The smallest absolute Gasteiger partial charge is 0.222 e. The summed E-state index contributed by atoms with van der Waals surface area (Å²) < 4.78 is 0.752. The summed E-state index contributed by atoms with van der Waals surface area (Å²) in [5.41, 5.74) is 5.51. The number of anilines is 2. The van der Waals surface area contributed by atoms with Gasteiger partial charge in [-0.2, -0.15) is 4.98 Å². The van der Waals surface area contributed by atoms with Crippen molar-refractivity contribution in [1.82, 2.24) is 9.97 Å². The van der Waals surface area contributed by atoms with Crippen molar-refractivity contribution < 1.29 is 0 Å². The third-order valence-corrected chi connectivity index (χ3v) is 3.83. The first-order valence-electron chi connectivity index (χ1n) is 4.86. The predicted molar refractivity (Wildman–Crippen MR) is 72.8 cm³/mol. The second kappa shape index (κ2) is 5.08. The highest BCUT2D eigenvalue weighted by atomic mass is 35.5. The standard InChI is InChI=1S/C10H10Cl2N4S/c1-5(7-2-3-8(12)17-7)15-9-6(11)4-14-10(13)16-9/h2-5H,1H3,(H3,13,14,15,16). The first-order chi connectivity index (χ1) is 8.06. The molecule has 0 saturated carbocycles. The van der Waals surface area contributed by atoms with Gasteiger partial charge in [0.1, 0.15) is 5.02 Å². The molecule has 2 rings (SSSR count). The lowest BCUT2D eigenvalue weighted by molar-refractivity contribution is 0.894. The maximum atomic E-state index is 5.97. The number of rotatable bonds is 3. The fourth-order valence-corrected chi connectivity index (χ4v) is 2.53. The average molecular weight is 289 g/mol. The average Bonchev–Trinajstić information content (AvgIpc) is 2.70. The molecule has 0 aromatic carbocycles. The molecule has 3 N–H and O–H groups in total. The minimum atomic E-state index is 0.0549. The van der Waals surface area contributed by atoms with E-state index >= 15 is 0 Å². The van der Waals surface area contributed by atoms with E-state index in [1.807, 2.05) is 19.1 Å². The second-order valence-electron chi connectivity index (χ2n) is 3.43. The van der Waals surface area contributed by atoms with Crippen molar-refractivity contribution in [3.63, 3.8) is 0 Å². The molecule has 0 amide bonds. The Morgan fingerprint density at radius 1 is 1.41 bits per heavy atom. The number of nitrogens with two attached hydrogens (primary N) is 1. The zero-order chi connectivity index (χ0) is 12.4. The van der Waals surface area contributed by atoms with Crippen LogP contribution in [-0.2, 0) is 0 Å². The lowest BCUT2D eigenvalue weighted by atomic mass is 10.3. The van der Waals surface area contributed by atoms with Gasteiger partial charge in [0.05, 0.1) is 16.6 Å². The van der Waals surface area contributed by atoms with E-state index in [2.05, 4.69) is 15.3 Å². The minimum Gasteiger partial charge on any atom is -0.368 e. The minimum absolute atomic E-state index is 0.0549. The fraction of sp³-hybridized carbons (Fsp3) is 0.200. The molecule has 90 valence electrons. The molecule has 0 aliphatic rings. The van der Waals surface area contributed by atoms with E-state index in [-0.39, 0.29) is 12.0 Å². The first kappa shape index (κ1) is 12.4. The molecule has 17 heavy (non-hydrogen) atoms. The molecular formula is C10H10Cl2N4S. The van der Waals surface area contributed by atoms with Crippen LogP contribution in [0.15, 0.2) is 18.3 Å². The maximum absolute atomic E-state index is 5.97. The van der Waals surface area contributed by atoms with Crippen LogP contribution in [0.4, 0.5) is 11.8 Å². The highest BCUT2D eigenvalue weighted by Crippen LogP contribution is 2.30. The lowest BCUT2D eigenvalue weighted by Gasteiger charge is -2.13. The van der Waals surface area contributed by atoms with Crippen LogP contribution in [0.2, 0.25) is 9.36 Å². The molecule has 7 heteroatoms. The number of thiophene rings is 1. The van der Waals surface area contributed by atoms with Crippen LogP contribution in [0, 0.1) is 0 Å². The van der Waals surface area contributed by atoms with Gasteiger partial charge in [-0.15, -0.1) is 11.3 Å². The van der Waals surface area contributed by atoms with Crippen LogP contribution >= 0.6 is 34.5 Å². The van der Waals surface area contributed by atoms with Gasteiger partial charge < -0.3 is 11.1 Å². The zero-order valence-corrected chi connectivity index (χ0v) is 11.3. The van der Waals surface area contributed by atoms with Gasteiger partial charge in [-0.3, -0.25) is 0 Å². The molecule has 0 spiro atoms. The van der Waals surface area contributed by atoms with Crippen molar-refractivity contribution in [2.75, 3.05) is 11.1 Å². The number of hydrogen-bond donors (Lipinski definition) is 2. The largest absolute Gasteiger partial charge is 0.368 e. The number of nitrogen functional groups attached to an aromatic ring is 1. The highest BCUT2D eigenvalue weighted by Gasteiger charge is 2.11. The summed E-state index contributed by atoms with van der Waals surface area (Å²) in [6.45, 7) is 2.00. The Balaban J connectivity index is 2.18. The Hall–Kier alpha value is -1.04. The summed E-state index contributed by atoms with van der Waals surface area (Å²) in [6.07, 6.45) is 1.47. The van der Waals surface area contributed by atoms with Crippen molar-refractivity contribution in [3.05, 3.63) is 32.6 Å². The molecule has 1 unspecified atom stereocenters. The van der Waals surface area contributed by atoms with E-state index in [4.69, 9.17) is 28.9 Å². The van der Waals surface area contributed by atoms with E-state index in [0.717, 1.165) is 9.21 Å². The van der Waals surface area contributed by atoms with Crippen molar-refractivity contribution in [2.24, 2.45) is 0 Å². The van der Waals surface area contributed by atoms with E-state index in [1.54, 1.807) is 0 Å². The molecule has 1 atom stereocenters. The Bertz CT molecular complexity index is 529. The van der Waals surface area contributed by atoms with Gasteiger partial charge in [0.15, 0.2) is 5.82 Å². The molecule has 4 nitrogen and oxygen atoms in total. The predicted octanol–water partition coefficient (Wildman–Crippen LogP) is 3.60. The van der Waals surface area contributed by atoms with Crippen molar-refractivity contribution in [2.45, 2.75) is 13.0 Å². The van der Waals surface area contributed by atoms with Crippen LogP contribution in [0.1, 0.15) is 17.8 Å². The third-order valence-electron chi connectivity index (χ3n) is 2.14. The van der Waals surface area contributed by atoms with E-state index in [1.165, 1.54) is 17.5 Å². The van der Waals surface area contributed by atoms with E-state index < -0.39 is 0 Å². The van der Waals surface area contributed by atoms with Gasteiger partial charge in [-0.1, -0.05) is 23.2 Å². The molecule has 0 aliphatic heterocycles. The summed E-state index contributed by atoms with van der Waals surface area (Å²) in [5, 5.41) is 3.61. The van der Waals surface area contributed by atoms with Gasteiger partial charge in [-0.05, 0) is 19.1 Å². The number of halogens is 2. The van der Waals surface area contributed by atoms with Crippen LogP contribution in [0.5, 0.6) is 0 Å². The first-order valence-corrected chi connectivity index (χ1v) is 6.43. The molecule has 0 saturated heterocycles. The molecule has 2 aromatic rings. The Kier molecular flexibility index (Phi) is 3.71. The SMILES string of the molecule is CC(Nc1nc(N)ncc1Cl)c1ccc(Cl)s1. The number of aromatic nitrogens is 2. The summed E-state index contributed by atoms with van der Waals surface area (Å²) in [6, 6.07) is 3.87. The van der Waals surface area contributed by atoms with Gasteiger partial charge in [0.2, 0.25) is 5.95 Å². The van der Waals surface area contributed by atoms with Crippen LogP contribution < -0.4 is 11.1 Å². The number of hydrogen-bond acceptors (Lipinski definition) is 5. The van der Waals surface area contributed by atoms with Crippen LogP contribution in [-0.4, -0.2) is 9.97 Å². The molecule has 2 heterocycles. The van der Waals surface area contributed by atoms with Crippen LogP contribution in [0.25, 0.3) is 0 Å². The van der Waals surface area contributed by atoms with Gasteiger partial charge >= 0.3 is 0 Å². The quantitative estimate of drug-likeness (QED) is 0.906. The van der Waals surface area contributed by atoms with Crippen molar-refractivity contribution in [3.8, 4) is 0 Å². The molecule has 0 radical (unpaired) electrons. The van der Waals surface area contributed by atoms with Crippen LogP contribution in [0.3, 0.4) is 0 Å². The Morgan fingerprint density at radius 3 is 2.82 bits per heavy atom. The Morgan fingerprint density at radius 2 is 2.18 bits per heavy atom. The van der Waals surface area contributed by atoms with Crippen molar-refractivity contribution >= 4 is 46.3 Å². The molecule has 0 fully saturated rings. The third kappa shape index (κ3) is 3.00. The van der Waals surface area contributed by atoms with Crippen molar-refractivity contribution in [1.29, 1.82) is 0 Å². The molecule has 2 aromatic heterocycles. The normalized spacial score (nSPS) is 12.4. The van der Waals surface area contributed by atoms with E-state index in [9.17, 15) is 0 Å².